The number of nitrogens with one attached hydrogen (secondary N) is 2. The fraction of sp³-hybridized carbons (Fsp3) is 0.538. The lowest BCUT2D eigenvalue weighted by Gasteiger charge is -2.38. The van der Waals surface area contributed by atoms with Gasteiger partial charge in [-0.2, -0.15) is 0 Å². The van der Waals surface area contributed by atoms with Gasteiger partial charge in [-0.15, -0.1) is 0 Å². The zero-order valence-corrected chi connectivity index (χ0v) is 12.0. The van der Waals surface area contributed by atoms with Crippen LogP contribution in [-0.4, -0.2) is 21.0 Å². The Labute approximate surface area is 113 Å². The zero-order valence-electron chi connectivity index (χ0n) is 11.2. The van der Waals surface area contributed by atoms with Gasteiger partial charge in [-0.3, -0.25) is 0 Å². The molecule has 1 fully saturated rings. The van der Waals surface area contributed by atoms with Gasteiger partial charge in [0.1, 0.15) is 10.7 Å². The zero-order chi connectivity index (χ0) is 14.1. The highest BCUT2D eigenvalue weighted by Gasteiger charge is 2.37. The van der Waals surface area contributed by atoms with Crippen LogP contribution in [0.1, 0.15) is 31.7 Å². The van der Waals surface area contributed by atoms with Crippen LogP contribution in [0.25, 0.3) is 0 Å². The molecule has 1 aliphatic carbocycles. The van der Waals surface area contributed by atoms with Crippen molar-refractivity contribution in [1.29, 1.82) is 0 Å². The fourth-order valence-corrected chi connectivity index (χ4v) is 3.85. The van der Waals surface area contributed by atoms with Crippen molar-refractivity contribution in [2.75, 3.05) is 7.05 Å². The van der Waals surface area contributed by atoms with E-state index in [0.717, 1.165) is 24.8 Å². The molecule has 0 amide bonds. The Morgan fingerprint density at radius 2 is 2.05 bits per heavy atom. The summed E-state index contributed by atoms with van der Waals surface area (Å²) in [5.41, 5.74) is 0.313. The molecule has 0 aromatic heterocycles. The first-order valence-electron chi connectivity index (χ1n) is 6.33. The smallest absolute Gasteiger partial charge is 0.243 e. The van der Waals surface area contributed by atoms with E-state index in [1.165, 1.54) is 12.1 Å². The summed E-state index contributed by atoms with van der Waals surface area (Å²) in [6, 6.07) is 4.16. The van der Waals surface area contributed by atoms with Gasteiger partial charge in [0.05, 0.1) is 0 Å². The summed E-state index contributed by atoms with van der Waals surface area (Å²) in [7, 11) is -2.05. The molecule has 1 aliphatic rings. The van der Waals surface area contributed by atoms with Crippen LogP contribution in [0.15, 0.2) is 23.1 Å². The second-order valence-corrected chi connectivity index (χ2v) is 6.97. The minimum atomic E-state index is -3.80. The maximum Gasteiger partial charge on any atom is 0.243 e. The molecule has 4 nitrogen and oxygen atoms in total. The third-order valence-electron chi connectivity index (χ3n) is 3.50. The Hall–Kier alpha value is -0.980. The van der Waals surface area contributed by atoms with E-state index in [9.17, 15) is 12.8 Å². The van der Waals surface area contributed by atoms with E-state index in [1.807, 2.05) is 6.92 Å². The van der Waals surface area contributed by atoms with Crippen molar-refractivity contribution in [1.82, 2.24) is 10.0 Å². The van der Waals surface area contributed by atoms with Gasteiger partial charge in [0.25, 0.3) is 0 Å². The molecule has 19 heavy (non-hydrogen) atoms. The summed E-state index contributed by atoms with van der Waals surface area (Å²) in [6.07, 6.45) is 2.59. The Balaban J connectivity index is 2.31. The number of rotatable bonds is 5. The van der Waals surface area contributed by atoms with Crippen molar-refractivity contribution in [2.45, 2.75) is 43.2 Å². The van der Waals surface area contributed by atoms with E-state index in [2.05, 4.69) is 10.0 Å². The van der Waals surface area contributed by atoms with Crippen LogP contribution in [0.3, 0.4) is 0 Å². The number of halogens is 1. The lowest BCUT2D eigenvalue weighted by molar-refractivity contribution is 0.247. The fourth-order valence-electron chi connectivity index (χ4n) is 2.26. The van der Waals surface area contributed by atoms with Crippen LogP contribution in [0, 0.1) is 5.82 Å². The van der Waals surface area contributed by atoms with Gasteiger partial charge in [0.15, 0.2) is 0 Å². The molecule has 1 saturated carbocycles. The third-order valence-corrected chi connectivity index (χ3v) is 5.16. The van der Waals surface area contributed by atoms with Crippen molar-refractivity contribution in [2.24, 2.45) is 0 Å². The molecule has 2 rings (SSSR count). The number of hydrogen-bond acceptors (Lipinski definition) is 3. The van der Waals surface area contributed by atoms with E-state index < -0.39 is 21.4 Å². The van der Waals surface area contributed by atoms with E-state index in [-0.39, 0.29) is 4.90 Å². The first-order chi connectivity index (χ1) is 8.86. The summed E-state index contributed by atoms with van der Waals surface area (Å²) >= 11 is 0. The molecular weight excluding hydrogens is 267 g/mol. The molecule has 0 aliphatic heterocycles. The molecule has 1 aromatic rings. The topological polar surface area (TPSA) is 58.2 Å². The van der Waals surface area contributed by atoms with E-state index in [4.69, 9.17) is 0 Å². The SMILES string of the molecule is CNCc1ccc(F)c(S(=O)(=O)NC2(C)CCC2)c1. The van der Waals surface area contributed by atoms with Gasteiger partial charge in [0.2, 0.25) is 10.0 Å². The number of benzene rings is 1. The van der Waals surface area contributed by atoms with Crippen molar-refractivity contribution >= 4 is 10.0 Å². The molecule has 1 aromatic carbocycles. The molecule has 6 heteroatoms. The molecule has 0 heterocycles. The van der Waals surface area contributed by atoms with Crippen LogP contribution < -0.4 is 10.0 Å². The van der Waals surface area contributed by atoms with Crippen LogP contribution in [0.4, 0.5) is 4.39 Å². The van der Waals surface area contributed by atoms with E-state index >= 15 is 0 Å². The molecular formula is C13H19FN2O2S. The minimum Gasteiger partial charge on any atom is -0.316 e. The quantitative estimate of drug-likeness (QED) is 0.867. The van der Waals surface area contributed by atoms with Gasteiger partial charge < -0.3 is 5.32 Å². The van der Waals surface area contributed by atoms with Crippen LogP contribution in [0.5, 0.6) is 0 Å². The molecule has 0 unspecified atom stereocenters. The number of hydrogen-bond donors (Lipinski definition) is 2. The second kappa shape index (κ2) is 5.19. The Bertz CT molecular complexity index is 568. The van der Waals surface area contributed by atoms with Crippen molar-refractivity contribution < 1.29 is 12.8 Å². The molecule has 0 saturated heterocycles. The molecule has 0 radical (unpaired) electrons. The first-order valence-corrected chi connectivity index (χ1v) is 7.82. The Morgan fingerprint density at radius 1 is 1.37 bits per heavy atom. The number of sulfonamides is 1. The van der Waals surface area contributed by atoms with Gasteiger partial charge in [-0.05, 0) is 50.9 Å². The monoisotopic (exact) mass is 286 g/mol. The molecule has 2 N–H and O–H groups in total. The maximum atomic E-state index is 13.8. The summed E-state index contributed by atoms with van der Waals surface area (Å²) in [5, 5.41) is 2.92. The average molecular weight is 286 g/mol. The highest BCUT2D eigenvalue weighted by atomic mass is 32.2. The molecule has 106 valence electrons. The van der Waals surface area contributed by atoms with Crippen LogP contribution in [-0.2, 0) is 16.6 Å². The highest BCUT2D eigenvalue weighted by molar-refractivity contribution is 7.89. The summed E-state index contributed by atoms with van der Waals surface area (Å²) in [5.74, 6) is -0.713. The minimum absolute atomic E-state index is 0.270. The Kier molecular flexibility index (Phi) is 3.94. The van der Waals surface area contributed by atoms with Gasteiger partial charge in [-0.1, -0.05) is 6.07 Å². The first kappa shape index (κ1) is 14.4. The van der Waals surface area contributed by atoms with Crippen molar-refractivity contribution in [3.63, 3.8) is 0 Å². The van der Waals surface area contributed by atoms with Crippen molar-refractivity contribution in [3.05, 3.63) is 29.6 Å². The standard InChI is InChI=1S/C13H19FN2O2S/c1-13(6-3-7-13)16-19(17,18)12-8-10(9-15-2)4-5-11(12)14/h4-5,8,15-16H,3,6-7,9H2,1-2H3. The summed E-state index contributed by atoms with van der Waals surface area (Å²) < 4.78 is 40.9. The highest BCUT2D eigenvalue weighted by Crippen LogP contribution is 2.33. The van der Waals surface area contributed by atoms with E-state index in [0.29, 0.717) is 6.54 Å². The van der Waals surface area contributed by atoms with Gasteiger partial charge in [0, 0.05) is 12.1 Å². The van der Waals surface area contributed by atoms with Gasteiger partial charge in [-0.25, -0.2) is 17.5 Å². The Morgan fingerprint density at radius 3 is 2.58 bits per heavy atom. The predicted octanol–water partition coefficient (Wildman–Crippen LogP) is 1.77. The summed E-state index contributed by atoms with van der Waals surface area (Å²) in [6.45, 7) is 2.35. The molecule has 0 atom stereocenters. The maximum absolute atomic E-state index is 13.8. The van der Waals surface area contributed by atoms with Crippen LogP contribution >= 0.6 is 0 Å². The average Bonchev–Trinajstić information content (AvgIpc) is 2.29. The van der Waals surface area contributed by atoms with Gasteiger partial charge >= 0.3 is 0 Å². The summed E-state index contributed by atoms with van der Waals surface area (Å²) in [4.78, 5) is -0.270. The second-order valence-electron chi connectivity index (χ2n) is 5.31. The van der Waals surface area contributed by atoms with Crippen LogP contribution in [0.2, 0.25) is 0 Å². The van der Waals surface area contributed by atoms with Crippen molar-refractivity contribution in [3.8, 4) is 0 Å². The molecule has 0 spiro atoms. The lowest BCUT2D eigenvalue weighted by Crippen LogP contribution is -2.50. The lowest BCUT2D eigenvalue weighted by atomic mass is 9.80. The normalized spacial score (nSPS) is 18.1. The van der Waals surface area contributed by atoms with E-state index in [1.54, 1.807) is 13.1 Å². The predicted molar refractivity (Wildman–Crippen MR) is 71.7 cm³/mol. The molecule has 0 bridgehead atoms. The largest absolute Gasteiger partial charge is 0.316 e. The third kappa shape index (κ3) is 3.13.